The van der Waals surface area contributed by atoms with Crippen LogP contribution in [0.1, 0.15) is 24.8 Å². The number of aliphatic hydroxyl groups is 1. The van der Waals surface area contributed by atoms with Crippen LogP contribution in [-0.4, -0.2) is 67.0 Å². The Morgan fingerprint density at radius 1 is 1.15 bits per heavy atom. The molecule has 1 aromatic heterocycles. The number of hydrogen-bond donors (Lipinski definition) is 5. The molecule has 1 fully saturated rings. The number of aliphatic carboxylic acids is 3. The first-order valence-corrected chi connectivity index (χ1v) is 7.76. The maximum Gasteiger partial charge on any atom is 0.336 e. The normalized spacial score (nSPS) is 16.7. The minimum atomic E-state index is -2.74. The molecule has 10 nitrogen and oxygen atoms in total. The zero-order valence-electron chi connectivity index (χ0n) is 13.9. The Balaban J connectivity index is 0.000000260. The van der Waals surface area contributed by atoms with Crippen molar-refractivity contribution in [3.63, 3.8) is 0 Å². The van der Waals surface area contributed by atoms with Gasteiger partial charge in [-0.15, -0.1) is 0 Å². The number of carboxylic acid groups (broad SMARTS) is 3. The number of aromatic nitrogens is 2. The number of hydrogen-bond acceptors (Lipinski definition) is 7. The number of carbonyl (C=O) groups is 3. The van der Waals surface area contributed by atoms with Crippen molar-refractivity contribution < 1.29 is 34.8 Å². The monoisotopic (exact) mass is 367 g/mol. The maximum atomic E-state index is 10.3. The topological polar surface area (TPSA) is 170 Å². The van der Waals surface area contributed by atoms with Crippen molar-refractivity contribution in [2.75, 3.05) is 13.1 Å². The molecule has 0 amide bonds. The van der Waals surface area contributed by atoms with Crippen molar-refractivity contribution in [1.29, 1.82) is 0 Å². The summed E-state index contributed by atoms with van der Waals surface area (Å²) < 4.78 is 0. The summed E-state index contributed by atoms with van der Waals surface area (Å²) in [6.07, 6.45) is 8.48. The Kier molecular flexibility index (Phi) is 8.32. The van der Waals surface area contributed by atoms with Gasteiger partial charge in [0.25, 0.3) is 0 Å². The van der Waals surface area contributed by atoms with Gasteiger partial charge < -0.3 is 25.7 Å². The molecule has 0 aliphatic carbocycles. The van der Waals surface area contributed by atoms with Gasteiger partial charge in [-0.25, -0.2) is 14.8 Å². The van der Waals surface area contributed by atoms with Crippen LogP contribution in [0.25, 0.3) is 6.08 Å². The van der Waals surface area contributed by atoms with Crippen molar-refractivity contribution in [2.24, 2.45) is 5.92 Å². The van der Waals surface area contributed by atoms with Crippen LogP contribution in [0, 0.1) is 5.92 Å². The number of nitrogens with zero attached hydrogens (tertiary/aromatic N) is 2. The largest absolute Gasteiger partial charge is 0.481 e. The Labute approximate surface area is 149 Å². The molecule has 0 aromatic carbocycles. The quantitative estimate of drug-likeness (QED) is 0.436. The predicted octanol–water partition coefficient (Wildman–Crippen LogP) is -0.149. The lowest BCUT2D eigenvalue weighted by Crippen LogP contribution is -2.42. The van der Waals surface area contributed by atoms with Crippen LogP contribution < -0.4 is 5.32 Å². The lowest BCUT2D eigenvalue weighted by molar-refractivity contribution is -0.170. The zero-order chi connectivity index (χ0) is 19.6. The number of carboxylic acids is 3. The third-order valence-corrected chi connectivity index (χ3v) is 3.53. The molecule has 10 heteroatoms. The molecular formula is C16H21N3O7. The molecule has 1 aromatic rings. The van der Waals surface area contributed by atoms with Crippen molar-refractivity contribution in [1.82, 2.24) is 15.3 Å². The highest BCUT2D eigenvalue weighted by Crippen LogP contribution is 2.15. The van der Waals surface area contributed by atoms with Crippen LogP contribution in [0.2, 0.25) is 0 Å². The van der Waals surface area contributed by atoms with E-state index in [2.05, 4.69) is 27.4 Å². The van der Waals surface area contributed by atoms with Crippen LogP contribution >= 0.6 is 0 Å². The first-order chi connectivity index (χ1) is 12.2. The van der Waals surface area contributed by atoms with Gasteiger partial charge in [0, 0.05) is 24.5 Å². The van der Waals surface area contributed by atoms with E-state index in [4.69, 9.17) is 20.4 Å². The van der Waals surface area contributed by atoms with Gasteiger partial charge in [-0.1, -0.05) is 12.2 Å². The van der Waals surface area contributed by atoms with Gasteiger partial charge in [0.05, 0.1) is 12.8 Å². The minimum absolute atomic E-state index is 0.681. The molecule has 2 heterocycles. The minimum Gasteiger partial charge on any atom is -0.481 e. The van der Waals surface area contributed by atoms with E-state index in [1.165, 1.54) is 6.42 Å². The van der Waals surface area contributed by atoms with Crippen LogP contribution in [0.3, 0.4) is 0 Å². The Hall–Kier alpha value is -2.85. The highest BCUT2D eigenvalue weighted by atomic mass is 16.4. The van der Waals surface area contributed by atoms with Gasteiger partial charge in [0.15, 0.2) is 5.60 Å². The van der Waals surface area contributed by atoms with Gasteiger partial charge >= 0.3 is 17.9 Å². The summed E-state index contributed by atoms with van der Waals surface area (Å²) in [5.74, 6) is -4.34. The maximum absolute atomic E-state index is 10.3. The average molecular weight is 367 g/mol. The van der Waals surface area contributed by atoms with E-state index in [0.29, 0.717) is 5.92 Å². The third-order valence-electron chi connectivity index (χ3n) is 3.53. The van der Waals surface area contributed by atoms with E-state index in [1.54, 1.807) is 6.33 Å². The zero-order valence-corrected chi connectivity index (χ0v) is 13.9. The summed E-state index contributed by atoms with van der Waals surface area (Å²) in [5, 5.41) is 37.1. The SMILES string of the molecule is C(=C\[C@@H]1CCNC1)/c1cncnc1.O=C(O)CC(O)(CC(=O)O)C(=O)O. The van der Waals surface area contributed by atoms with Crippen LogP contribution in [0.4, 0.5) is 0 Å². The predicted molar refractivity (Wildman–Crippen MR) is 89.1 cm³/mol. The van der Waals surface area contributed by atoms with Crippen molar-refractivity contribution in [3.05, 3.63) is 30.4 Å². The van der Waals surface area contributed by atoms with Crippen molar-refractivity contribution in [3.8, 4) is 0 Å². The fraction of sp³-hybridized carbons (Fsp3) is 0.438. The summed E-state index contributed by atoms with van der Waals surface area (Å²) in [6.45, 7) is 2.24. The van der Waals surface area contributed by atoms with Gasteiger partial charge in [-0.3, -0.25) is 9.59 Å². The second-order valence-electron chi connectivity index (χ2n) is 5.76. The fourth-order valence-electron chi connectivity index (χ4n) is 2.20. The van der Waals surface area contributed by atoms with Crippen LogP contribution in [0.5, 0.6) is 0 Å². The molecule has 142 valence electrons. The standard InChI is InChI=1S/C10H13N3.C6H8O7/c1(9-3-4-11-5-9)2-10-6-12-8-13-7-10;7-3(8)1-6(13,5(11)12)2-4(9)10/h1-2,6-9,11H,3-5H2;13H,1-2H2,(H,7,8)(H,9,10)(H,11,12)/b2-1+;/t9-;/m1./s1. The molecule has 0 bridgehead atoms. The molecule has 1 aliphatic heterocycles. The molecule has 0 radical (unpaired) electrons. The summed E-state index contributed by atoms with van der Waals surface area (Å²) in [6, 6.07) is 0. The van der Waals surface area contributed by atoms with Gasteiger partial charge in [0.1, 0.15) is 6.33 Å². The molecule has 26 heavy (non-hydrogen) atoms. The van der Waals surface area contributed by atoms with Crippen LogP contribution in [0.15, 0.2) is 24.8 Å². The van der Waals surface area contributed by atoms with E-state index < -0.39 is 36.4 Å². The Morgan fingerprint density at radius 2 is 1.73 bits per heavy atom. The first-order valence-electron chi connectivity index (χ1n) is 7.76. The molecule has 0 unspecified atom stereocenters. The smallest absolute Gasteiger partial charge is 0.336 e. The van der Waals surface area contributed by atoms with Crippen LogP contribution in [-0.2, 0) is 14.4 Å². The second kappa shape index (κ2) is 10.2. The van der Waals surface area contributed by atoms with E-state index in [-0.39, 0.29) is 0 Å². The third kappa shape index (κ3) is 7.81. The molecule has 1 aliphatic rings. The molecule has 1 saturated heterocycles. The van der Waals surface area contributed by atoms with Crippen molar-refractivity contribution in [2.45, 2.75) is 24.9 Å². The van der Waals surface area contributed by atoms with E-state index in [0.717, 1.165) is 18.7 Å². The number of nitrogens with one attached hydrogen (secondary N) is 1. The fourth-order valence-corrected chi connectivity index (χ4v) is 2.20. The second-order valence-corrected chi connectivity index (χ2v) is 5.76. The van der Waals surface area contributed by atoms with E-state index in [1.807, 2.05) is 12.4 Å². The van der Waals surface area contributed by atoms with Crippen molar-refractivity contribution >= 4 is 24.0 Å². The van der Waals surface area contributed by atoms with Gasteiger partial charge in [-0.05, 0) is 18.9 Å². The molecular weight excluding hydrogens is 346 g/mol. The van der Waals surface area contributed by atoms with E-state index >= 15 is 0 Å². The van der Waals surface area contributed by atoms with Gasteiger partial charge in [-0.2, -0.15) is 0 Å². The summed E-state index contributed by atoms with van der Waals surface area (Å²) in [4.78, 5) is 38.4. The molecule has 2 rings (SSSR count). The highest BCUT2D eigenvalue weighted by molar-refractivity contribution is 5.88. The molecule has 0 saturated carbocycles. The lowest BCUT2D eigenvalue weighted by atomic mass is 9.96. The first kappa shape index (κ1) is 21.2. The van der Waals surface area contributed by atoms with E-state index in [9.17, 15) is 14.4 Å². The number of rotatable bonds is 7. The average Bonchev–Trinajstić information content (AvgIpc) is 3.06. The highest BCUT2D eigenvalue weighted by Gasteiger charge is 2.40. The molecule has 0 spiro atoms. The Morgan fingerprint density at radius 3 is 2.15 bits per heavy atom. The van der Waals surface area contributed by atoms with Gasteiger partial charge in [0.2, 0.25) is 0 Å². The molecule has 5 N–H and O–H groups in total. The molecule has 1 atom stereocenters. The summed E-state index contributed by atoms with van der Waals surface area (Å²) >= 11 is 0. The lowest BCUT2D eigenvalue weighted by Gasteiger charge is -2.18. The summed E-state index contributed by atoms with van der Waals surface area (Å²) in [5.41, 5.74) is -1.66. The summed E-state index contributed by atoms with van der Waals surface area (Å²) in [7, 11) is 0. The Bertz CT molecular complexity index is 627.